The van der Waals surface area contributed by atoms with Crippen LogP contribution < -0.4 is 47.3 Å². The molecule has 0 fully saturated rings. The summed E-state index contributed by atoms with van der Waals surface area (Å²) in [5.41, 5.74) is -18.6. The number of alkyl halides is 9. The zero-order valence-electron chi connectivity index (χ0n) is 45.9. The van der Waals surface area contributed by atoms with E-state index in [9.17, 15) is 89.9 Å². The highest BCUT2D eigenvalue weighted by Crippen LogP contribution is 2.33. The van der Waals surface area contributed by atoms with E-state index in [-0.39, 0.29) is 72.2 Å². The van der Waals surface area contributed by atoms with E-state index in [0.29, 0.717) is 38.9 Å². The molecule has 522 valence electrons. The Morgan fingerprint density at radius 3 is 1.18 bits per heavy atom. The van der Waals surface area contributed by atoms with Crippen LogP contribution in [0, 0.1) is 32.6 Å². The number of hydrogen-bond donors (Lipinski definition) is 1. The Morgan fingerprint density at radius 1 is 0.543 bits per heavy atom. The van der Waals surface area contributed by atoms with E-state index in [2.05, 4.69) is 7.81 Å². The molecule has 0 atom stereocenters. The third-order valence-corrected chi connectivity index (χ3v) is 16.5. The minimum absolute atomic E-state index is 0. The lowest BCUT2D eigenvalue weighted by Gasteiger charge is -2.20. The van der Waals surface area contributed by atoms with Gasteiger partial charge in [0.2, 0.25) is 0 Å². The van der Waals surface area contributed by atoms with Crippen molar-refractivity contribution in [3.05, 3.63) is 188 Å². The molecule has 0 saturated heterocycles. The molecule has 0 aliphatic rings. The number of hydrogen-bond acceptors (Lipinski definition) is 17. The van der Waals surface area contributed by atoms with Gasteiger partial charge in [0.25, 0.3) is 32.4 Å². The monoisotopic (exact) mass is 1680 g/mol. The van der Waals surface area contributed by atoms with Crippen LogP contribution in [-0.2, 0) is 61.2 Å². The minimum atomic E-state index is -6.36. The first-order chi connectivity index (χ1) is 40.9. The maximum absolute atomic E-state index is 15.2. The molecular formula is C55H61Cl3F8I2N6O17S3. The van der Waals surface area contributed by atoms with Crippen molar-refractivity contribution < 1.29 is 82.8 Å². The number of aryl methyl sites for hydroxylation is 2. The molecule has 4 aromatic carbocycles. The standard InChI is InChI=1S/C24H18F4IN3O7S.C23H19FIN3O5.C2H3F3O5S2.CHCl3.5CH4/c1-12-19(39-40(36,37)24(26,27)28)18-20(30(2)21(12)33)32(17-9-6-14(29)10-16(17)25)23(35)31(22(18)34)11-13-4-7-15(38-3)8-5-13;1-12-19(29)18-20(26(2)21(12)30)28(17-9-6-14(25)10-16(17)24)23(32)27(22(18)31)11-13-4-7-15(33-3)8-5-13;1-11(6,7)10-12(8,9)2(3,4)5;2-1(3)4;;;;;/h4-10H,11H2,1-3H3;4-10,29H,11H2,1-3H3;1H3;1H;5*1H4. The number of nitrogens with zero attached hydrogens (tertiary/aromatic N) is 6. The molecule has 23 nitrogen and oxygen atoms in total. The lowest BCUT2D eigenvalue weighted by molar-refractivity contribution is -0.0503. The first-order valence-corrected chi connectivity index (χ1v) is 31.8. The van der Waals surface area contributed by atoms with Gasteiger partial charge in [0.05, 0.1) is 56.1 Å². The zero-order chi connectivity index (χ0) is 67.5. The van der Waals surface area contributed by atoms with E-state index in [4.69, 9.17) is 44.3 Å². The first kappa shape index (κ1) is 87.4. The SMILES string of the molecule is C.C.C.C.C.COc1ccc(Cn2c(=O)c3c(O)c(C)c(=O)n(C)c3n(-c3ccc(I)cc3F)c2=O)cc1.COc1ccc(Cn2c(=O)c3c(OS(=O)(=O)C(F)(F)F)c(C)c(=O)n(C)c3n(-c3ccc(I)cc3F)c2=O)cc1.CS(=O)(=O)OS(=O)(=O)C(F)(F)F.ClC(Cl)Cl. The Kier molecular flexibility index (Phi) is 31.5. The quantitative estimate of drug-likeness (QED) is 0.0391. The fraction of sp³-hybridized carbons (Fsp3) is 0.309. The highest BCUT2D eigenvalue weighted by atomic mass is 127. The van der Waals surface area contributed by atoms with Gasteiger partial charge in [-0.05, 0) is 131 Å². The molecule has 0 spiro atoms. The zero-order valence-corrected chi connectivity index (χ0v) is 54.9. The van der Waals surface area contributed by atoms with Gasteiger partial charge in [0.1, 0.15) is 50.9 Å². The Morgan fingerprint density at radius 2 is 0.872 bits per heavy atom. The van der Waals surface area contributed by atoms with Gasteiger partial charge in [-0.25, -0.2) is 27.5 Å². The second-order valence-electron chi connectivity index (χ2n) is 17.9. The van der Waals surface area contributed by atoms with Crippen molar-refractivity contribution in [2.45, 2.75) is 79.4 Å². The van der Waals surface area contributed by atoms with Crippen LogP contribution in [0.15, 0.2) is 114 Å². The summed E-state index contributed by atoms with van der Waals surface area (Å²) < 4.78 is 190. The minimum Gasteiger partial charge on any atom is -0.506 e. The van der Waals surface area contributed by atoms with Gasteiger partial charge < -0.3 is 18.8 Å². The number of halogens is 13. The van der Waals surface area contributed by atoms with Crippen molar-refractivity contribution in [2.24, 2.45) is 14.1 Å². The number of aromatic nitrogens is 6. The number of pyridine rings is 2. The predicted molar refractivity (Wildman–Crippen MR) is 360 cm³/mol. The van der Waals surface area contributed by atoms with Gasteiger partial charge in [0.15, 0.2) is 10.0 Å². The number of rotatable bonds is 12. The van der Waals surface area contributed by atoms with E-state index in [1.54, 1.807) is 52.9 Å². The van der Waals surface area contributed by atoms with Crippen molar-refractivity contribution >= 4 is 132 Å². The Hall–Kier alpha value is -6.56. The Balaban J connectivity index is 0.00000145. The third kappa shape index (κ3) is 19.6. The lowest BCUT2D eigenvalue weighted by atomic mass is 10.2. The summed E-state index contributed by atoms with van der Waals surface area (Å²) in [7, 11) is -11.7. The van der Waals surface area contributed by atoms with Crippen LogP contribution in [0.2, 0.25) is 0 Å². The van der Waals surface area contributed by atoms with Crippen LogP contribution in [0.1, 0.15) is 59.4 Å². The molecule has 0 saturated carbocycles. The smallest absolute Gasteiger partial charge is 0.506 e. The molecule has 0 aliphatic heterocycles. The Bertz CT molecular complexity index is 4820. The normalized spacial score (nSPS) is 11.3. The summed E-state index contributed by atoms with van der Waals surface area (Å²) in [6.45, 7) is 1.74. The highest BCUT2D eigenvalue weighted by Gasteiger charge is 2.50. The molecule has 8 rings (SSSR count). The van der Waals surface area contributed by atoms with Gasteiger partial charge in [-0.1, -0.05) is 96.2 Å². The average Bonchev–Trinajstić information content (AvgIpc) is 0.731. The first-order valence-electron chi connectivity index (χ1n) is 23.7. The molecule has 0 unspecified atom stereocenters. The third-order valence-electron chi connectivity index (χ3n) is 12.0. The molecular weight excluding hydrogens is 1620 g/mol. The molecule has 4 aromatic heterocycles. The van der Waals surface area contributed by atoms with E-state index in [1.807, 2.05) is 22.6 Å². The lowest BCUT2D eigenvalue weighted by Crippen LogP contribution is -2.43. The molecule has 94 heavy (non-hydrogen) atoms. The fourth-order valence-corrected chi connectivity index (χ4v) is 11.0. The summed E-state index contributed by atoms with van der Waals surface area (Å²) in [4.78, 5) is 80.1. The van der Waals surface area contributed by atoms with E-state index < -0.39 is 131 Å². The summed E-state index contributed by atoms with van der Waals surface area (Å²) in [6.07, 6.45) is 0.191. The maximum Gasteiger partial charge on any atom is 0.534 e. The fourth-order valence-electron chi connectivity index (χ4n) is 7.92. The largest absolute Gasteiger partial charge is 0.534 e. The molecule has 0 aliphatic carbocycles. The van der Waals surface area contributed by atoms with Gasteiger partial charge in [-0.2, -0.15) is 51.6 Å². The van der Waals surface area contributed by atoms with E-state index >= 15 is 4.39 Å². The number of methoxy groups -OCH3 is 2. The summed E-state index contributed by atoms with van der Waals surface area (Å²) in [6, 6.07) is 20.7. The van der Waals surface area contributed by atoms with Crippen molar-refractivity contribution in [1.82, 2.24) is 27.4 Å². The van der Waals surface area contributed by atoms with Crippen LogP contribution in [-0.4, -0.2) is 93.5 Å². The molecule has 1 N–H and O–H groups in total. The molecule has 39 heteroatoms. The number of aromatic hydroxyl groups is 1. The van der Waals surface area contributed by atoms with Crippen LogP contribution >= 0.6 is 80.0 Å². The molecule has 0 bridgehead atoms. The number of ether oxygens (including phenoxy) is 2. The average molecular weight is 1690 g/mol. The predicted octanol–water partition coefficient (Wildman–Crippen LogP) is 10.8. The van der Waals surface area contributed by atoms with Crippen molar-refractivity contribution in [2.75, 3.05) is 20.5 Å². The molecule has 0 amide bonds. The summed E-state index contributed by atoms with van der Waals surface area (Å²) in [5.74, 6) is -2.40. The number of benzene rings is 4. The summed E-state index contributed by atoms with van der Waals surface area (Å²) >= 11 is 18.2. The second kappa shape index (κ2) is 33.9. The van der Waals surface area contributed by atoms with E-state index in [0.717, 1.165) is 44.4 Å². The van der Waals surface area contributed by atoms with Gasteiger partial charge in [-0.15, -0.1) is 3.63 Å². The van der Waals surface area contributed by atoms with Crippen molar-refractivity contribution in [3.8, 4) is 34.4 Å². The maximum atomic E-state index is 15.2. The molecule has 8 aromatic rings. The number of fused-ring (bicyclic) bond motifs is 2. The van der Waals surface area contributed by atoms with Gasteiger partial charge >= 0.3 is 42.6 Å². The summed E-state index contributed by atoms with van der Waals surface area (Å²) in [5, 5.41) is 9.61. The second-order valence-corrected chi connectivity index (χ2v) is 27.2. The Labute approximate surface area is 574 Å². The van der Waals surface area contributed by atoms with Crippen LogP contribution in [0.5, 0.6) is 23.0 Å². The van der Waals surface area contributed by atoms with Gasteiger partial charge in [0, 0.05) is 21.2 Å². The van der Waals surface area contributed by atoms with E-state index in [1.165, 1.54) is 70.7 Å². The van der Waals surface area contributed by atoms with Crippen LogP contribution in [0.4, 0.5) is 35.1 Å². The van der Waals surface area contributed by atoms with Crippen molar-refractivity contribution in [1.29, 1.82) is 0 Å². The van der Waals surface area contributed by atoms with Crippen LogP contribution in [0.25, 0.3) is 33.4 Å². The van der Waals surface area contributed by atoms with Crippen molar-refractivity contribution in [3.63, 3.8) is 0 Å². The topological polar surface area (TPSA) is 292 Å². The van der Waals surface area contributed by atoms with Crippen LogP contribution in [0.3, 0.4) is 0 Å². The highest BCUT2D eigenvalue weighted by molar-refractivity contribution is 14.1. The molecule has 0 radical (unpaired) electrons. The molecule has 4 heterocycles. The van der Waals surface area contributed by atoms with Gasteiger partial charge in [-0.3, -0.25) is 37.4 Å².